The van der Waals surface area contributed by atoms with E-state index in [1.54, 1.807) is 24.3 Å². The number of hydrogen-bond donors (Lipinski definition) is 1. The average Bonchev–Trinajstić information content (AvgIpc) is 3.19. The van der Waals surface area contributed by atoms with Crippen molar-refractivity contribution in [3.63, 3.8) is 0 Å². The van der Waals surface area contributed by atoms with Crippen LogP contribution in [0.15, 0.2) is 64.9 Å². The van der Waals surface area contributed by atoms with Crippen molar-refractivity contribution in [1.82, 2.24) is 0 Å². The molecule has 0 unspecified atom stereocenters. The van der Waals surface area contributed by atoms with Crippen LogP contribution in [0, 0.1) is 0 Å². The summed E-state index contributed by atoms with van der Waals surface area (Å²) in [5.74, 6) is -0.723. The molecule has 30 heavy (non-hydrogen) atoms. The van der Waals surface area contributed by atoms with Crippen LogP contribution in [0.2, 0.25) is 4.34 Å². The van der Waals surface area contributed by atoms with E-state index in [0.29, 0.717) is 15.6 Å². The van der Waals surface area contributed by atoms with Gasteiger partial charge in [0, 0.05) is 5.69 Å². The second-order valence-corrected chi connectivity index (χ2v) is 9.57. The predicted molar refractivity (Wildman–Crippen MR) is 114 cm³/mol. The first-order chi connectivity index (χ1) is 14.3. The summed E-state index contributed by atoms with van der Waals surface area (Å²) in [6, 6.07) is 15.2. The molecule has 2 aromatic carbocycles. The van der Waals surface area contributed by atoms with Crippen LogP contribution in [-0.2, 0) is 14.8 Å². The molecule has 10 heteroatoms. The zero-order chi connectivity index (χ0) is 21.7. The Morgan fingerprint density at radius 3 is 2.37 bits per heavy atom. The molecule has 1 N–H and O–H groups in total. The normalized spacial score (nSPS) is 11.0. The zero-order valence-electron chi connectivity index (χ0n) is 15.6. The van der Waals surface area contributed by atoms with Crippen LogP contribution in [0.4, 0.5) is 5.69 Å². The molecule has 0 fully saturated rings. The highest BCUT2D eigenvalue weighted by molar-refractivity contribution is 7.94. The summed E-state index contributed by atoms with van der Waals surface area (Å²) >= 11 is 6.71. The van der Waals surface area contributed by atoms with Crippen LogP contribution < -0.4 is 9.46 Å². The maximum Gasteiger partial charge on any atom is 0.338 e. The van der Waals surface area contributed by atoms with Gasteiger partial charge in [0.25, 0.3) is 10.0 Å². The quantitative estimate of drug-likeness (QED) is 0.394. The predicted octanol–water partition coefficient (Wildman–Crippen LogP) is 4.25. The Morgan fingerprint density at radius 2 is 1.73 bits per heavy atom. The van der Waals surface area contributed by atoms with Gasteiger partial charge in [-0.3, -0.25) is 9.52 Å². The second-order valence-electron chi connectivity index (χ2n) is 5.94. The van der Waals surface area contributed by atoms with Crippen molar-refractivity contribution in [1.29, 1.82) is 0 Å². The molecule has 1 heterocycles. The van der Waals surface area contributed by atoms with E-state index in [0.717, 1.165) is 11.3 Å². The lowest BCUT2D eigenvalue weighted by molar-refractivity contribution is 0.0474. The molecule has 3 aromatic rings. The van der Waals surface area contributed by atoms with Crippen molar-refractivity contribution in [2.24, 2.45) is 0 Å². The number of ether oxygens (including phenoxy) is 2. The van der Waals surface area contributed by atoms with Gasteiger partial charge in [0.15, 0.2) is 6.61 Å². The molecule has 1 aromatic heterocycles. The summed E-state index contributed by atoms with van der Waals surface area (Å²) in [7, 11) is -2.33. The lowest BCUT2D eigenvalue weighted by atomic mass is 10.1. The largest absolute Gasteiger partial charge is 0.496 e. The number of rotatable bonds is 8. The van der Waals surface area contributed by atoms with Crippen LogP contribution in [0.25, 0.3) is 0 Å². The van der Waals surface area contributed by atoms with Gasteiger partial charge >= 0.3 is 5.97 Å². The molecule has 7 nitrogen and oxygen atoms in total. The Kier molecular flexibility index (Phi) is 6.76. The van der Waals surface area contributed by atoms with E-state index in [-0.39, 0.29) is 15.5 Å². The van der Waals surface area contributed by atoms with Crippen molar-refractivity contribution in [2.75, 3.05) is 18.4 Å². The van der Waals surface area contributed by atoms with Gasteiger partial charge in [-0.15, -0.1) is 11.3 Å². The number of sulfonamides is 1. The number of halogens is 1. The molecule has 3 rings (SSSR count). The van der Waals surface area contributed by atoms with Crippen LogP contribution in [0.5, 0.6) is 5.75 Å². The Bertz CT molecular complexity index is 1170. The number of carbonyl (C=O) groups is 2. The Balaban J connectivity index is 1.62. The number of nitrogens with one attached hydrogen (secondary N) is 1. The molecule has 0 spiro atoms. The summed E-state index contributed by atoms with van der Waals surface area (Å²) < 4.78 is 37.6. The minimum Gasteiger partial charge on any atom is -0.496 e. The fourth-order valence-electron chi connectivity index (χ4n) is 2.49. The topological polar surface area (TPSA) is 98.8 Å². The van der Waals surface area contributed by atoms with E-state index in [1.165, 1.54) is 43.5 Å². The number of benzene rings is 2. The number of methoxy groups -OCH3 is 1. The van der Waals surface area contributed by atoms with E-state index in [9.17, 15) is 18.0 Å². The first-order valence-corrected chi connectivity index (χ1v) is 11.2. The van der Waals surface area contributed by atoms with Crippen LogP contribution in [-0.4, -0.2) is 33.9 Å². The molecule has 0 aliphatic heterocycles. The monoisotopic (exact) mass is 465 g/mol. The summed E-state index contributed by atoms with van der Waals surface area (Å²) in [5.41, 5.74) is 0.748. The number of ketones is 1. The summed E-state index contributed by atoms with van der Waals surface area (Å²) in [6.07, 6.45) is 0. The molecule has 0 aliphatic carbocycles. The van der Waals surface area contributed by atoms with Crippen LogP contribution in [0.3, 0.4) is 0 Å². The van der Waals surface area contributed by atoms with Crippen LogP contribution >= 0.6 is 22.9 Å². The number of carbonyl (C=O) groups excluding carboxylic acids is 2. The van der Waals surface area contributed by atoms with Gasteiger partial charge < -0.3 is 9.47 Å². The number of Topliss-reactive ketones (excluding diaryl/α,β-unsaturated/α-hetero) is 1. The molecule has 0 saturated heterocycles. The van der Waals surface area contributed by atoms with Gasteiger partial charge in [-0.25, -0.2) is 13.2 Å². The molecule has 0 atom stereocenters. The van der Waals surface area contributed by atoms with Crippen molar-refractivity contribution in [2.45, 2.75) is 4.21 Å². The Hall–Kier alpha value is -2.88. The Labute approximate surface area is 182 Å². The Morgan fingerprint density at radius 1 is 1.03 bits per heavy atom. The van der Waals surface area contributed by atoms with Gasteiger partial charge in [0.2, 0.25) is 5.78 Å². The molecule has 0 amide bonds. The van der Waals surface area contributed by atoms with Crippen molar-refractivity contribution in [3.8, 4) is 5.75 Å². The molecule has 0 aliphatic rings. The molecule has 0 radical (unpaired) electrons. The number of para-hydroxylation sites is 1. The molecular formula is C20H16ClNO6S2. The van der Waals surface area contributed by atoms with E-state index in [2.05, 4.69) is 4.72 Å². The molecule has 156 valence electrons. The van der Waals surface area contributed by atoms with E-state index in [1.807, 2.05) is 0 Å². The van der Waals surface area contributed by atoms with Gasteiger partial charge in [-0.05, 0) is 48.5 Å². The third-order valence-electron chi connectivity index (χ3n) is 3.93. The fourth-order valence-corrected chi connectivity index (χ4v) is 5.03. The fraction of sp³-hybridized carbons (Fsp3) is 0.100. The maximum absolute atomic E-state index is 12.3. The van der Waals surface area contributed by atoms with E-state index >= 15 is 0 Å². The van der Waals surface area contributed by atoms with Gasteiger partial charge in [0.1, 0.15) is 9.96 Å². The number of esters is 1. The first-order valence-electron chi connectivity index (χ1n) is 8.52. The standard InChI is InChI=1S/C20H16ClNO6S2/c1-27-17-5-3-2-4-15(17)16(23)12-28-20(24)13-6-8-14(9-7-13)22-30(25,26)19-11-10-18(21)29-19/h2-11,22H,12H2,1H3. The maximum atomic E-state index is 12.3. The minimum atomic E-state index is -3.77. The lowest BCUT2D eigenvalue weighted by Crippen LogP contribution is -2.15. The summed E-state index contributed by atoms with van der Waals surface area (Å²) in [5, 5.41) is 0. The number of thiophene rings is 1. The van der Waals surface area contributed by atoms with Gasteiger partial charge in [-0.2, -0.15) is 0 Å². The number of anilines is 1. The molecule has 0 saturated carbocycles. The highest BCUT2D eigenvalue weighted by Crippen LogP contribution is 2.27. The first kappa shape index (κ1) is 21.8. The van der Waals surface area contributed by atoms with E-state index in [4.69, 9.17) is 21.1 Å². The average molecular weight is 466 g/mol. The third-order valence-corrected chi connectivity index (χ3v) is 7.03. The SMILES string of the molecule is COc1ccccc1C(=O)COC(=O)c1ccc(NS(=O)(=O)c2ccc(Cl)s2)cc1. The molecule has 0 bridgehead atoms. The summed E-state index contributed by atoms with van der Waals surface area (Å²) in [6.45, 7) is -0.452. The zero-order valence-corrected chi connectivity index (χ0v) is 18.0. The van der Waals surface area contributed by atoms with Gasteiger partial charge in [-0.1, -0.05) is 23.7 Å². The second kappa shape index (κ2) is 9.29. The van der Waals surface area contributed by atoms with Crippen LogP contribution in [0.1, 0.15) is 20.7 Å². The van der Waals surface area contributed by atoms with E-state index < -0.39 is 28.4 Å². The highest BCUT2D eigenvalue weighted by Gasteiger charge is 2.18. The summed E-state index contributed by atoms with van der Waals surface area (Å²) in [4.78, 5) is 24.5. The van der Waals surface area contributed by atoms with Crippen molar-refractivity contribution < 1.29 is 27.5 Å². The molecular weight excluding hydrogens is 450 g/mol. The lowest BCUT2D eigenvalue weighted by Gasteiger charge is -2.09. The third kappa shape index (κ3) is 5.18. The smallest absolute Gasteiger partial charge is 0.338 e. The van der Waals surface area contributed by atoms with Crippen molar-refractivity contribution >= 4 is 50.4 Å². The minimum absolute atomic E-state index is 0.0749. The highest BCUT2D eigenvalue weighted by atomic mass is 35.5. The number of hydrogen-bond acceptors (Lipinski definition) is 7. The van der Waals surface area contributed by atoms with Crippen molar-refractivity contribution in [3.05, 3.63) is 76.1 Å². The van der Waals surface area contributed by atoms with Gasteiger partial charge in [0.05, 0.1) is 22.6 Å².